The molecule has 0 spiro atoms. The van der Waals surface area contributed by atoms with Crippen LogP contribution in [-0.2, 0) is 0 Å². The second kappa shape index (κ2) is 3.09. The van der Waals surface area contributed by atoms with Crippen LogP contribution < -0.4 is 0 Å². The molecule has 0 atom stereocenters. The van der Waals surface area contributed by atoms with Gasteiger partial charge in [0.15, 0.2) is 0 Å². The van der Waals surface area contributed by atoms with E-state index in [2.05, 4.69) is 20.9 Å². The lowest BCUT2D eigenvalue weighted by Gasteiger charge is -2.01. The van der Waals surface area contributed by atoms with Gasteiger partial charge in [0.25, 0.3) is 0 Å². The molecule has 2 heterocycles. The Morgan fingerprint density at radius 2 is 2.36 bits per heavy atom. The zero-order chi connectivity index (χ0) is 10.3. The number of imidazole rings is 1. The van der Waals surface area contributed by atoms with Crippen molar-refractivity contribution in [2.75, 3.05) is 0 Å². The summed E-state index contributed by atoms with van der Waals surface area (Å²) in [5, 5.41) is 8.87. The zero-order valence-electron chi connectivity index (χ0n) is 7.36. The van der Waals surface area contributed by atoms with Gasteiger partial charge in [0, 0.05) is 10.7 Å². The molecule has 0 fully saturated rings. The van der Waals surface area contributed by atoms with E-state index in [0.29, 0.717) is 4.47 Å². The van der Waals surface area contributed by atoms with Gasteiger partial charge >= 0.3 is 5.97 Å². The summed E-state index contributed by atoms with van der Waals surface area (Å²) in [5.74, 6) is -0.115. The number of carboxylic acid groups (broad SMARTS) is 1. The molecule has 2 rings (SSSR count). The van der Waals surface area contributed by atoms with Crippen molar-refractivity contribution in [3.05, 3.63) is 34.3 Å². The SMILES string of the molecule is Cc1ncc2cc(C(=O)O)c(Br)cn12. The van der Waals surface area contributed by atoms with Gasteiger partial charge < -0.3 is 9.51 Å². The number of pyridine rings is 1. The second-order valence-corrected chi connectivity index (χ2v) is 3.79. The maximum absolute atomic E-state index is 10.8. The molecule has 2 aromatic heterocycles. The van der Waals surface area contributed by atoms with Gasteiger partial charge in [0.2, 0.25) is 0 Å². The monoisotopic (exact) mass is 254 g/mol. The third-order valence-electron chi connectivity index (χ3n) is 2.03. The number of aryl methyl sites for hydroxylation is 1. The Kier molecular flexibility index (Phi) is 2.03. The van der Waals surface area contributed by atoms with Gasteiger partial charge in [-0.3, -0.25) is 0 Å². The maximum Gasteiger partial charge on any atom is 0.336 e. The fraction of sp³-hybridized carbons (Fsp3) is 0.111. The Hall–Kier alpha value is -1.36. The first-order valence-electron chi connectivity index (χ1n) is 3.96. The van der Waals surface area contributed by atoms with Crippen molar-refractivity contribution >= 4 is 27.4 Å². The Labute approximate surface area is 88.3 Å². The number of fused-ring (bicyclic) bond motifs is 1. The number of carboxylic acids is 1. The van der Waals surface area contributed by atoms with Crippen LogP contribution in [0.4, 0.5) is 0 Å². The molecule has 14 heavy (non-hydrogen) atoms. The van der Waals surface area contributed by atoms with Gasteiger partial charge in [0.1, 0.15) is 5.82 Å². The molecule has 0 amide bonds. The van der Waals surface area contributed by atoms with E-state index in [-0.39, 0.29) is 5.56 Å². The highest BCUT2D eigenvalue weighted by atomic mass is 79.9. The number of hydrogen-bond donors (Lipinski definition) is 1. The molecule has 0 aliphatic carbocycles. The number of rotatable bonds is 1. The van der Waals surface area contributed by atoms with Crippen LogP contribution in [0.3, 0.4) is 0 Å². The fourth-order valence-electron chi connectivity index (χ4n) is 1.31. The van der Waals surface area contributed by atoms with Gasteiger partial charge in [0.05, 0.1) is 17.3 Å². The normalized spacial score (nSPS) is 10.7. The van der Waals surface area contributed by atoms with Crippen LogP contribution in [0.5, 0.6) is 0 Å². The third-order valence-corrected chi connectivity index (χ3v) is 2.66. The van der Waals surface area contributed by atoms with Crippen molar-refractivity contribution in [2.24, 2.45) is 0 Å². The average molecular weight is 255 g/mol. The van der Waals surface area contributed by atoms with Crippen LogP contribution in [-0.4, -0.2) is 20.5 Å². The molecule has 0 bridgehead atoms. The minimum absolute atomic E-state index is 0.248. The summed E-state index contributed by atoms with van der Waals surface area (Å²) in [5.41, 5.74) is 1.03. The third kappa shape index (κ3) is 1.29. The lowest BCUT2D eigenvalue weighted by molar-refractivity contribution is 0.0696. The van der Waals surface area contributed by atoms with Crippen molar-refractivity contribution in [3.8, 4) is 0 Å². The first-order chi connectivity index (χ1) is 6.59. The summed E-state index contributed by atoms with van der Waals surface area (Å²) in [7, 11) is 0. The number of nitrogens with zero attached hydrogens (tertiary/aromatic N) is 2. The van der Waals surface area contributed by atoms with Gasteiger partial charge in [-0.15, -0.1) is 0 Å². The number of aromatic nitrogens is 2. The largest absolute Gasteiger partial charge is 0.478 e. The molecule has 0 unspecified atom stereocenters. The van der Waals surface area contributed by atoms with E-state index in [1.165, 1.54) is 0 Å². The molecule has 1 N–H and O–H groups in total. The summed E-state index contributed by atoms with van der Waals surface area (Å²) in [6.45, 7) is 1.86. The minimum atomic E-state index is -0.946. The van der Waals surface area contributed by atoms with Gasteiger partial charge in [-0.05, 0) is 28.9 Å². The minimum Gasteiger partial charge on any atom is -0.478 e. The summed E-state index contributed by atoms with van der Waals surface area (Å²) in [6, 6.07) is 1.59. The van der Waals surface area contributed by atoms with Crippen LogP contribution in [0, 0.1) is 6.92 Å². The van der Waals surface area contributed by atoms with Crippen LogP contribution in [0.25, 0.3) is 5.52 Å². The van der Waals surface area contributed by atoms with E-state index in [1.807, 2.05) is 11.3 Å². The second-order valence-electron chi connectivity index (χ2n) is 2.94. The van der Waals surface area contributed by atoms with Gasteiger partial charge in [-0.2, -0.15) is 0 Å². The van der Waals surface area contributed by atoms with Crippen LogP contribution in [0.2, 0.25) is 0 Å². The van der Waals surface area contributed by atoms with Gasteiger partial charge in [-0.1, -0.05) is 0 Å². The number of hydrogen-bond acceptors (Lipinski definition) is 2. The predicted molar refractivity (Wildman–Crippen MR) is 54.6 cm³/mol. The Morgan fingerprint density at radius 3 is 3.00 bits per heavy atom. The molecule has 72 valence electrons. The first-order valence-corrected chi connectivity index (χ1v) is 4.75. The molecule has 5 heteroatoms. The molecule has 4 nitrogen and oxygen atoms in total. The topological polar surface area (TPSA) is 54.6 Å². The molecule has 0 aromatic carbocycles. The van der Waals surface area contributed by atoms with Crippen LogP contribution in [0.15, 0.2) is 22.9 Å². The van der Waals surface area contributed by atoms with Crippen LogP contribution in [0.1, 0.15) is 16.2 Å². The molecule has 0 saturated heterocycles. The van der Waals surface area contributed by atoms with Crippen molar-refractivity contribution in [1.29, 1.82) is 0 Å². The van der Waals surface area contributed by atoms with Gasteiger partial charge in [-0.25, -0.2) is 9.78 Å². The van der Waals surface area contributed by atoms with Crippen molar-refractivity contribution < 1.29 is 9.90 Å². The average Bonchev–Trinajstić information content (AvgIpc) is 2.46. The Balaban J connectivity index is 2.79. The molecule has 0 aliphatic rings. The highest BCUT2D eigenvalue weighted by Crippen LogP contribution is 2.19. The maximum atomic E-state index is 10.8. The number of aromatic carboxylic acids is 1. The van der Waals surface area contributed by atoms with Crippen molar-refractivity contribution in [3.63, 3.8) is 0 Å². The van der Waals surface area contributed by atoms with Crippen molar-refractivity contribution in [1.82, 2.24) is 9.38 Å². The van der Waals surface area contributed by atoms with E-state index < -0.39 is 5.97 Å². The summed E-state index contributed by atoms with van der Waals surface area (Å²) in [6.07, 6.45) is 3.36. The molecule has 0 aliphatic heterocycles. The van der Waals surface area contributed by atoms with Crippen molar-refractivity contribution in [2.45, 2.75) is 6.92 Å². The summed E-state index contributed by atoms with van der Waals surface area (Å²) < 4.78 is 2.38. The molecular formula is C9H7BrN2O2. The Morgan fingerprint density at radius 1 is 1.64 bits per heavy atom. The molecule has 2 aromatic rings. The summed E-state index contributed by atoms with van der Waals surface area (Å²) >= 11 is 3.21. The zero-order valence-corrected chi connectivity index (χ0v) is 8.95. The molecule has 0 saturated carbocycles. The number of carbonyl (C=O) groups is 1. The lowest BCUT2D eigenvalue weighted by Crippen LogP contribution is -2.00. The Bertz CT molecular complexity index is 519. The highest BCUT2D eigenvalue weighted by molar-refractivity contribution is 9.10. The summed E-state index contributed by atoms with van der Waals surface area (Å²) in [4.78, 5) is 14.9. The lowest BCUT2D eigenvalue weighted by atomic mass is 10.2. The van der Waals surface area contributed by atoms with E-state index in [4.69, 9.17) is 5.11 Å². The van der Waals surface area contributed by atoms with E-state index in [9.17, 15) is 4.79 Å². The molecular weight excluding hydrogens is 248 g/mol. The van der Waals surface area contributed by atoms with Crippen LogP contribution >= 0.6 is 15.9 Å². The predicted octanol–water partition coefficient (Wildman–Crippen LogP) is 2.10. The molecule has 0 radical (unpaired) electrons. The highest BCUT2D eigenvalue weighted by Gasteiger charge is 2.10. The van der Waals surface area contributed by atoms with E-state index in [1.54, 1.807) is 18.5 Å². The standard InChI is InChI=1S/C9H7BrN2O2/c1-5-11-3-6-2-7(9(13)14)8(10)4-12(5)6/h2-4H,1H3,(H,13,14). The fourth-order valence-corrected chi connectivity index (χ4v) is 1.80. The first kappa shape index (κ1) is 9.21. The quantitative estimate of drug-likeness (QED) is 0.848. The van der Waals surface area contributed by atoms with E-state index >= 15 is 0 Å². The smallest absolute Gasteiger partial charge is 0.336 e. The van der Waals surface area contributed by atoms with E-state index in [0.717, 1.165) is 11.3 Å². The number of halogens is 1.